The van der Waals surface area contributed by atoms with Gasteiger partial charge in [0, 0.05) is 9.13 Å². The minimum Gasteiger partial charge on any atom is -0.250 e. The first-order chi connectivity index (χ1) is 7.70. The van der Waals surface area contributed by atoms with Gasteiger partial charge < -0.3 is 0 Å². The standard InChI is InChI=1S/C12H14IN3/c1-3-9(2)16-8-14-12(15-16)10-4-6-11(13)7-5-10/h4-9H,3H2,1-2H3. The fraction of sp³-hybridized carbons (Fsp3) is 0.333. The molecule has 0 saturated heterocycles. The van der Waals surface area contributed by atoms with Crippen LogP contribution in [0.15, 0.2) is 30.6 Å². The van der Waals surface area contributed by atoms with Crippen molar-refractivity contribution in [1.82, 2.24) is 14.8 Å². The first-order valence-electron chi connectivity index (χ1n) is 5.37. The lowest BCUT2D eigenvalue weighted by molar-refractivity contribution is 0.477. The van der Waals surface area contributed by atoms with Crippen molar-refractivity contribution in [2.75, 3.05) is 0 Å². The smallest absolute Gasteiger partial charge is 0.181 e. The molecule has 0 fully saturated rings. The number of nitrogens with zero attached hydrogens (tertiary/aromatic N) is 3. The van der Waals surface area contributed by atoms with E-state index in [1.165, 1.54) is 3.57 Å². The van der Waals surface area contributed by atoms with Crippen molar-refractivity contribution in [2.45, 2.75) is 26.3 Å². The first-order valence-corrected chi connectivity index (χ1v) is 6.45. The molecule has 0 spiro atoms. The lowest BCUT2D eigenvalue weighted by Crippen LogP contribution is -2.04. The van der Waals surface area contributed by atoms with E-state index in [0.717, 1.165) is 17.8 Å². The van der Waals surface area contributed by atoms with Gasteiger partial charge in [0.2, 0.25) is 0 Å². The molecule has 1 heterocycles. The second-order valence-electron chi connectivity index (χ2n) is 3.81. The molecule has 1 aromatic carbocycles. The van der Waals surface area contributed by atoms with Crippen LogP contribution in [-0.2, 0) is 0 Å². The maximum atomic E-state index is 4.48. The normalized spacial score (nSPS) is 12.7. The van der Waals surface area contributed by atoms with Gasteiger partial charge >= 0.3 is 0 Å². The molecule has 0 bridgehead atoms. The van der Waals surface area contributed by atoms with Crippen LogP contribution in [0, 0.1) is 3.57 Å². The highest BCUT2D eigenvalue weighted by molar-refractivity contribution is 14.1. The van der Waals surface area contributed by atoms with Crippen molar-refractivity contribution >= 4 is 22.6 Å². The lowest BCUT2D eigenvalue weighted by Gasteiger charge is -2.06. The molecular weight excluding hydrogens is 313 g/mol. The van der Waals surface area contributed by atoms with Crippen molar-refractivity contribution in [3.8, 4) is 11.4 Å². The van der Waals surface area contributed by atoms with Crippen LogP contribution in [0.2, 0.25) is 0 Å². The Balaban J connectivity index is 2.28. The third-order valence-electron chi connectivity index (χ3n) is 2.65. The van der Waals surface area contributed by atoms with Gasteiger partial charge in [-0.2, -0.15) is 5.10 Å². The summed E-state index contributed by atoms with van der Waals surface area (Å²) in [6, 6.07) is 8.65. The van der Waals surface area contributed by atoms with Gasteiger partial charge in [0.05, 0.1) is 6.04 Å². The van der Waals surface area contributed by atoms with E-state index in [4.69, 9.17) is 0 Å². The highest BCUT2D eigenvalue weighted by Crippen LogP contribution is 2.17. The second-order valence-corrected chi connectivity index (χ2v) is 5.06. The van der Waals surface area contributed by atoms with Gasteiger partial charge in [-0.05, 0) is 48.1 Å². The first kappa shape index (κ1) is 11.6. The van der Waals surface area contributed by atoms with Crippen LogP contribution in [0.3, 0.4) is 0 Å². The van der Waals surface area contributed by atoms with Gasteiger partial charge in [0.1, 0.15) is 6.33 Å². The average molecular weight is 327 g/mol. The molecule has 0 aliphatic carbocycles. The molecule has 16 heavy (non-hydrogen) atoms. The molecule has 2 rings (SSSR count). The summed E-state index contributed by atoms with van der Waals surface area (Å²) in [5, 5.41) is 4.48. The summed E-state index contributed by atoms with van der Waals surface area (Å²) in [5.74, 6) is 0.803. The number of hydrogen-bond acceptors (Lipinski definition) is 2. The molecule has 3 nitrogen and oxygen atoms in total. The van der Waals surface area contributed by atoms with E-state index in [2.05, 4.69) is 70.8 Å². The number of halogens is 1. The Morgan fingerprint density at radius 2 is 2.00 bits per heavy atom. The Hall–Kier alpha value is -0.910. The van der Waals surface area contributed by atoms with Crippen molar-refractivity contribution in [1.29, 1.82) is 0 Å². The van der Waals surface area contributed by atoms with Crippen molar-refractivity contribution in [2.24, 2.45) is 0 Å². The Kier molecular flexibility index (Phi) is 3.58. The summed E-state index contributed by atoms with van der Waals surface area (Å²) in [6.45, 7) is 4.29. The van der Waals surface area contributed by atoms with Crippen molar-refractivity contribution in [3.05, 3.63) is 34.2 Å². The summed E-state index contributed by atoms with van der Waals surface area (Å²) in [7, 11) is 0. The summed E-state index contributed by atoms with van der Waals surface area (Å²) < 4.78 is 3.15. The second kappa shape index (κ2) is 4.95. The monoisotopic (exact) mass is 327 g/mol. The number of benzene rings is 1. The van der Waals surface area contributed by atoms with Gasteiger partial charge in [-0.3, -0.25) is 0 Å². The molecule has 1 unspecified atom stereocenters. The van der Waals surface area contributed by atoms with Crippen LogP contribution in [-0.4, -0.2) is 14.8 Å². The molecule has 0 saturated carbocycles. The molecule has 0 amide bonds. The molecular formula is C12H14IN3. The number of hydrogen-bond donors (Lipinski definition) is 0. The zero-order valence-electron chi connectivity index (χ0n) is 9.39. The van der Waals surface area contributed by atoms with Crippen LogP contribution in [0.25, 0.3) is 11.4 Å². The number of rotatable bonds is 3. The van der Waals surface area contributed by atoms with Crippen LogP contribution >= 0.6 is 22.6 Å². The summed E-state index contributed by atoms with van der Waals surface area (Å²) >= 11 is 2.29. The highest BCUT2D eigenvalue weighted by Gasteiger charge is 2.07. The minimum absolute atomic E-state index is 0.407. The van der Waals surface area contributed by atoms with E-state index >= 15 is 0 Å². The van der Waals surface area contributed by atoms with E-state index in [-0.39, 0.29) is 0 Å². The fourth-order valence-electron chi connectivity index (χ4n) is 1.41. The third-order valence-corrected chi connectivity index (χ3v) is 3.37. The van der Waals surface area contributed by atoms with Crippen molar-refractivity contribution in [3.63, 3.8) is 0 Å². The average Bonchev–Trinajstić information content (AvgIpc) is 2.78. The van der Waals surface area contributed by atoms with Gasteiger partial charge in [0.25, 0.3) is 0 Å². The molecule has 0 aliphatic heterocycles. The largest absolute Gasteiger partial charge is 0.250 e. The van der Waals surface area contributed by atoms with Gasteiger partial charge in [-0.15, -0.1) is 0 Å². The molecule has 2 aromatic rings. The summed E-state index contributed by atoms with van der Waals surface area (Å²) in [6.07, 6.45) is 2.87. The van der Waals surface area contributed by atoms with E-state index in [1.54, 1.807) is 0 Å². The molecule has 1 aromatic heterocycles. The molecule has 0 aliphatic rings. The fourth-order valence-corrected chi connectivity index (χ4v) is 1.77. The topological polar surface area (TPSA) is 30.7 Å². The molecule has 4 heteroatoms. The predicted octanol–water partition coefficient (Wildman–Crippen LogP) is 3.52. The molecule has 84 valence electrons. The van der Waals surface area contributed by atoms with Crippen molar-refractivity contribution < 1.29 is 0 Å². The zero-order chi connectivity index (χ0) is 11.5. The van der Waals surface area contributed by atoms with Gasteiger partial charge in [-0.25, -0.2) is 9.67 Å². The molecule has 0 radical (unpaired) electrons. The van der Waals surface area contributed by atoms with Crippen LogP contribution in [0.5, 0.6) is 0 Å². The Labute approximate surface area is 109 Å². The van der Waals surface area contributed by atoms with Crippen LogP contribution in [0.1, 0.15) is 26.3 Å². The maximum Gasteiger partial charge on any atom is 0.181 e. The summed E-state index contributed by atoms with van der Waals surface area (Å²) in [5.41, 5.74) is 1.07. The van der Waals surface area contributed by atoms with E-state index in [1.807, 2.05) is 11.0 Å². The zero-order valence-corrected chi connectivity index (χ0v) is 11.5. The number of aromatic nitrogens is 3. The summed E-state index contributed by atoms with van der Waals surface area (Å²) in [4.78, 5) is 4.33. The minimum atomic E-state index is 0.407. The SMILES string of the molecule is CCC(C)n1cnc(-c2ccc(I)cc2)n1. The lowest BCUT2D eigenvalue weighted by atomic mass is 10.2. The van der Waals surface area contributed by atoms with Crippen LogP contribution in [0.4, 0.5) is 0 Å². The molecule has 0 N–H and O–H groups in total. The Morgan fingerprint density at radius 3 is 2.62 bits per heavy atom. The third kappa shape index (κ3) is 2.42. The maximum absolute atomic E-state index is 4.48. The Bertz CT molecular complexity index is 461. The van der Waals surface area contributed by atoms with E-state index in [9.17, 15) is 0 Å². The Morgan fingerprint density at radius 1 is 1.31 bits per heavy atom. The molecule has 1 atom stereocenters. The van der Waals surface area contributed by atoms with Gasteiger partial charge in [-0.1, -0.05) is 19.1 Å². The van der Waals surface area contributed by atoms with E-state index in [0.29, 0.717) is 6.04 Å². The quantitative estimate of drug-likeness (QED) is 0.808. The van der Waals surface area contributed by atoms with Crippen LogP contribution < -0.4 is 0 Å². The highest BCUT2D eigenvalue weighted by atomic mass is 127. The van der Waals surface area contributed by atoms with E-state index < -0.39 is 0 Å². The predicted molar refractivity (Wildman–Crippen MR) is 73.2 cm³/mol. The van der Waals surface area contributed by atoms with Gasteiger partial charge in [0.15, 0.2) is 5.82 Å².